The summed E-state index contributed by atoms with van der Waals surface area (Å²) in [6.07, 6.45) is 8.30. The quantitative estimate of drug-likeness (QED) is 0.459. The third-order valence-electron chi connectivity index (χ3n) is 2.95. The minimum absolute atomic E-state index is 0.673. The predicted octanol–water partition coefficient (Wildman–Crippen LogP) is 4.17. The minimum Gasteiger partial charge on any atom is -0.494 e. The molecule has 0 spiro atoms. The molecule has 100 valence electrons. The molecule has 0 aliphatic heterocycles. The molecule has 0 N–H and O–H groups in total. The Morgan fingerprint density at radius 1 is 1.17 bits per heavy atom. The summed E-state index contributed by atoms with van der Waals surface area (Å²) >= 11 is 0. The number of aryl methyl sites for hydroxylation is 1. The molecule has 0 radical (unpaired) electrons. The average Bonchev–Trinajstić information content (AvgIpc) is 2.41. The number of rotatable bonds is 10. The first-order chi connectivity index (χ1) is 8.86. The van der Waals surface area contributed by atoms with E-state index in [0.717, 1.165) is 44.3 Å². The molecule has 1 aromatic rings. The first kappa shape index (κ1) is 14.7. The molecule has 0 aromatic heterocycles. The van der Waals surface area contributed by atoms with Gasteiger partial charge in [-0.25, -0.2) is 0 Å². The van der Waals surface area contributed by atoms with Crippen molar-refractivity contribution in [3.8, 4) is 5.75 Å². The standard InChI is InChI=1S/C16H24O2/c1-2-3-9-15-10-8-11-16(14-15)18-13-7-5-4-6-12-17/h8,10-12,14H,2-7,9,13H2,1H3. The van der Waals surface area contributed by atoms with Crippen LogP contribution in [-0.2, 0) is 11.2 Å². The van der Waals surface area contributed by atoms with Gasteiger partial charge in [0.2, 0.25) is 0 Å². The second-order valence-corrected chi connectivity index (χ2v) is 4.62. The Balaban J connectivity index is 2.22. The number of carbonyl (C=O) groups excluding carboxylic acids is 1. The fourth-order valence-electron chi connectivity index (χ4n) is 1.87. The zero-order valence-corrected chi connectivity index (χ0v) is 11.4. The molecule has 18 heavy (non-hydrogen) atoms. The topological polar surface area (TPSA) is 26.3 Å². The van der Waals surface area contributed by atoms with Gasteiger partial charge in [0.05, 0.1) is 6.61 Å². The summed E-state index contributed by atoms with van der Waals surface area (Å²) in [6, 6.07) is 8.38. The maximum absolute atomic E-state index is 10.2. The SMILES string of the molecule is CCCCc1cccc(OCCCCCC=O)c1. The normalized spacial score (nSPS) is 10.3. The highest BCUT2D eigenvalue weighted by Crippen LogP contribution is 2.15. The highest BCUT2D eigenvalue weighted by molar-refractivity contribution is 5.48. The molecule has 0 atom stereocenters. The molecule has 0 amide bonds. The summed E-state index contributed by atoms with van der Waals surface area (Å²) < 4.78 is 5.72. The smallest absolute Gasteiger partial charge is 0.119 e. The van der Waals surface area contributed by atoms with Gasteiger partial charge in [-0.3, -0.25) is 0 Å². The Kier molecular flexibility index (Phi) is 7.94. The Hall–Kier alpha value is -1.31. The van der Waals surface area contributed by atoms with Crippen LogP contribution in [-0.4, -0.2) is 12.9 Å². The fraction of sp³-hybridized carbons (Fsp3) is 0.562. The zero-order valence-electron chi connectivity index (χ0n) is 11.4. The van der Waals surface area contributed by atoms with E-state index in [-0.39, 0.29) is 0 Å². The molecule has 1 rings (SSSR count). The van der Waals surface area contributed by atoms with Crippen molar-refractivity contribution in [1.82, 2.24) is 0 Å². The van der Waals surface area contributed by atoms with E-state index >= 15 is 0 Å². The Bertz CT molecular complexity index is 334. The van der Waals surface area contributed by atoms with E-state index in [2.05, 4.69) is 25.1 Å². The van der Waals surface area contributed by atoms with E-state index in [4.69, 9.17) is 4.74 Å². The van der Waals surface area contributed by atoms with Crippen LogP contribution in [0.15, 0.2) is 24.3 Å². The van der Waals surface area contributed by atoms with E-state index in [1.54, 1.807) is 0 Å². The number of benzene rings is 1. The number of ether oxygens (including phenoxy) is 1. The highest BCUT2D eigenvalue weighted by Gasteiger charge is 1.97. The lowest BCUT2D eigenvalue weighted by atomic mass is 10.1. The lowest BCUT2D eigenvalue weighted by molar-refractivity contribution is -0.107. The van der Waals surface area contributed by atoms with Gasteiger partial charge >= 0.3 is 0 Å². The number of carbonyl (C=O) groups is 1. The van der Waals surface area contributed by atoms with Crippen molar-refractivity contribution in [2.24, 2.45) is 0 Å². The van der Waals surface area contributed by atoms with E-state index in [1.165, 1.54) is 18.4 Å². The number of unbranched alkanes of at least 4 members (excludes halogenated alkanes) is 4. The summed E-state index contributed by atoms with van der Waals surface area (Å²) in [4.78, 5) is 10.2. The van der Waals surface area contributed by atoms with Gasteiger partial charge in [0.25, 0.3) is 0 Å². The lowest BCUT2D eigenvalue weighted by Gasteiger charge is -2.07. The van der Waals surface area contributed by atoms with Gasteiger partial charge in [0, 0.05) is 6.42 Å². The fourth-order valence-corrected chi connectivity index (χ4v) is 1.87. The molecule has 0 saturated carbocycles. The average molecular weight is 248 g/mol. The van der Waals surface area contributed by atoms with Crippen LogP contribution in [0.3, 0.4) is 0 Å². The second-order valence-electron chi connectivity index (χ2n) is 4.62. The van der Waals surface area contributed by atoms with Crippen LogP contribution in [0, 0.1) is 0 Å². The van der Waals surface area contributed by atoms with Crippen LogP contribution in [0.4, 0.5) is 0 Å². The molecule has 0 aliphatic carbocycles. The van der Waals surface area contributed by atoms with Gasteiger partial charge in [-0.05, 0) is 49.8 Å². The largest absolute Gasteiger partial charge is 0.494 e. The number of hydrogen-bond acceptors (Lipinski definition) is 2. The summed E-state index contributed by atoms with van der Waals surface area (Å²) in [6.45, 7) is 2.95. The Labute approximate surface area is 110 Å². The van der Waals surface area contributed by atoms with Crippen LogP contribution in [0.25, 0.3) is 0 Å². The molecule has 2 heteroatoms. The van der Waals surface area contributed by atoms with Crippen LogP contribution in [0.1, 0.15) is 51.0 Å². The maximum Gasteiger partial charge on any atom is 0.119 e. The third kappa shape index (κ3) is 6.43. The van der Waals surface area contributed by atoms with Crippen molar-refractivity contribution in [3.63, 3.8) is 0 Å². The monoisotopic (exact) mass is 248 g/mol. The molecular weight excluding hydrogens is 224 g/mol. The summed E-state index contributed by atoms with van der Waals surface area (Å²) in [5.74, 6) is 0.971. The van der Waals surface area contributed by atoms with Crippen molar-refractivity contribution >= 4 is 6.29 Å². The molecule has 1 aromatic carbocycles. The number of aldehydes is 1. The summed E-state index contributed by atoms with van der Waals surface area (Å²) in [5.41, 5.74) is 1.36. The van der Waals surface area contributed by atoms with Crippen LogP contribution in [0.2, 0.25) is 0 Å². The molecule has 0 heterocycles. The van der Waals surface area contributed by atoms with Crippen molar-refractivity contribution in [1.29, 1.82) is 0 Å². The van der Waals surface area contributed by atoms with Gasteiger partial charge in [0.15, 0.2) is 0 Å². The molecular formula is C16H24O2. The third-order valence-corrected chi connectivity index (χ3v) is 2.95. The minimum atomic E-state index is 0.673. The summed E-state index contributed by atoms with van der Waals surface area (Å²) in [7, 11) is 0. The van der Waals surface area contributed by atoms with Crippen LogP contribution in [0.5, 0.6) is 5.75 Å². The van der Waals surface area contributed by atoms with Crippen molar-refractivity contribution in [2.75, 3.05) is 6.61 Å². The van der Waals surface area contributed by atoms with Crippen molar-refractivity contribution in [2.45, 2.75) is 51.9 Å². The zero-order chi connectivity index (χ0) is 13.1. The van der Waals surface area contributed by atoms with Crippen LogP contribution >= 0.6 is 0 Å². The number of hydrogen-bond donors (Lipinski definition) is 0. The second kappa shape index (κ2) is 9.69. The van der Waals surface area contributed by atoms with E-state index in [0.29, 0.717) is 6.42 Å². The van der Waals surface area contributed by atoms with Gasteiger partial charge in [-0.2, -0.15) is 0 Å². The first-order valence-electron chi connectivity index (χ1n) is 7.02. The lowest BCUT2D eigenvalue weighted by Crippen LogP contribution is -1.98. The molecule has 0 saturated heterocycles. The van der Waals surface area contributed by atoms with Crippen molar-refractivity contribution < 1.29 is 9.53 Å². The summed E-state index contributed by atoms with van der Waals surface area (Å²) in [5, 5.41) is 0. The van der Waals surface area contributed by atoms with Crippen LogP contribution < -0.4 is 4.74 Å². The predicted molar refractivity (Wildman–Crippen MR) is 75.1 cm³/mol. The van der Waals surface area contributed by atoms with Gasteiger partial charge in [-0.1, -0.05) is 25.5 Å². The van der Waals surface area contributed by atoms with E-state index in [9.17, 15) is 4.79 Å². The van der Waals surface area contributed by atoms with E-state index < -0.39 is 0 Å². The van der Waals surface area contributed by atoms with Gasteiger partial charge in [0.1, 0.15) is 12.0 Å². The molecule has 2 nitrogen and oxygen atoms in total. The molecule has 0 aliphatic rings. The Morgan fingerprint density at radius 3 is 2.83 bits per heavy atom. The molecule has 0 fully saturated rings. The molecule has 0 bridgehead atoms. The Morgan fingerprint density at radius 2 is 2.06 bits per heavy atom. The van der Waals surface area contributed by atoms with E-state index in [1.807, 2.05) is 6.07 Å². The highest BCUT2D eigenvalue weighted by atomic mass is 16.5. The molecule has 0 unspecified atom stereocenters. The first-order valence-corrected chi connectivity index (χ1v) is 7.02. The van der Waals surface area contributed by atoms with Gasteiger partial charge < -0.3 is 9.53 Å². The van der Waals surface area contributed by atoms with Crippen molar-refractivity contribution in [3.05, 3.63) is 29.8 Å². The maximum atomic E-state index is 10.2. The van der Waals surface area contributed by atoms with Gasteiger partial charge in [-0.15, -0.1) is 0 Å².